The highest BCUT2D eigenvalue weighted by molar-refractivity contribution is 7.92. The molecule has 0 radical (unpaired) electrons. The normalized spacial score (nSPS) is 12.2. The fraction of sp³-hybridized carbons (Fsp3) is 0.297. The van der Waals surface area contributed by atoms with E-state index < -0.39 is 34.3 Å². The zero-order chi connectivity index (χ0) is 33.3. The second kappa shape index (κ2) is 15.7. The average molecular weight is 644 g/mol. The third-order valence-electron chi connectivity index (χ3n) is 7.68. The number of hydrogen-bond acceptors (Lipinski definition) is 4. The van der Waals surface area contributed by atoms with E-state index in [0.29, 0.717) is 17.8 Å². The Hall–Kier alpha value is -4.50. The molecule has 0 saturated heterocycles. The van der Waals surface area contributed by atoms with Crippen molar-refractivity contribution in [2.24, 2.45) is 5.92 Å². The number of nitrogens with one attached hydrogen (secondary N) is 1. The van der Waals surface area contributed by atoms with Crippen molar-refractivity contribution in [3.63, 3.8) is 0 Å². The van der Waals surface area contributed by atoms with Gasteiger partial charge in [0.2, 0.25) is 11.8 Å². The van der Waals surface area contributed by atoms with E-state index in [-0.39, 0.29) is 35.6 Å². The molecule has 4 aromatic carbocycles. The number of halogens is 1. The van der Waals surface area contributed by atoms with E-state index in [1.54, 1.807) is 42.5 Å². The molecular formula is C37H42FN3O4S. The summed E-state index contributed by atoms with van der Waals surface area (Å²) in [6, 6.07) is 29.2. The van der Waals surface area contributed by atoms with Crippen LogP contribution in [0.1, 0.15) is 50.3 Å². The number of amides is 2. The quantitative estimate of drug-likeness (QED) is 0.169. The smallest absolute Gasteiger partial charge is 0.264 e. The molecule has 1 N–H and O–H groups in total. The molecule has 4 rings (SSSR count). The van der Waals surface area contributed by atoms with E-state index in [2.05, 4.69) is 5.32 Å². The second-order valence-electron chi connectivity index (χ2n) is 12.1. The number of carbonyl (C=O) groups excluding carboxylic acids is 2. The number of nitrogens with zero attached hydrogens (tertiary/aromatic N) is 2. The Balaban J connectivity index is 1.79. The van der Waals surface area contributed by atoms with Crippen LogP contribution < -0.4 is 9.62 Å². The molecular weight excluding hydrogens is 601 g/mol. The van der Waals surface area contributed by atoms with Crippen LogP contribution >= 0.6 is 0 Å². The summed E-state index contributed by atoms with van der Waals surface area (Å²) in [5.74, 6) is -0.960. The third kappa shape index (κ3) is 9.03. The molecule has 0 aliphatic rings. The number of hydrogen-bond donors (Lipinski definition) is 1. The second-order valence-corrected chi connectivity index (χ2v) is 13.9. The van der Waals surface area contributed by atoms with Crippen molar-refractivity contribution < 1.29 is 22.4 Å². The van der Waals surface area contributed by atoms with Crippen molar-refractivity contribution in [3.05, 3.63) is 132 Å². The van der Waals surface area contributed by atoms with Crippen LogP contribution in [0, 0.1) is 11.7 Å². The molecule has 0 aliphatic carbocycles. The van der Waals surface area contributed by atoms with Gasteiger partial charge in [0.1, 0.15) is 18.4 Å². The summed E-state index contributed by atoms with van der Waals surface area (Å²) in [7, 11) is -4.18. The molecule has 0 saturated carbocycles. The Morgan fingerprint density at radius 3 is 1.91 bits per heavy atom. The zero-order valence-corrected chi connectivity index (χ0v) is 27.6. The van der Waals surface area contributed by atoms with Gasteiger partial charge in [-0.1, -0.05) is 100 Å². The molecule has 0 unspecified atom stereocenters. The van der Waals surface area contributed by atoms with Crippen molar-refractivity contribution in [1.29, 1.82) is 0 Å². The van der Waals surface area contributed by atoms with Gasteiger partial charge in [0.05, 0.1) is 10.6 Å². The van der Waals surface area contributed by atoms with Gasteiger partial charge >= 0.3 is 0 Å². The molecule has 2 amide bonds. The summed E-state index contributed by atoms with van der Waals surface area (Å²) in [6.07, 6.45) is 0.201. The van der Waals surface area contributed by atoms with E-state index in [1.807, 2.05) is 70.2 Å². The van der Waals surface area contributed by atoms with Crippen molar-refractivity contribution in [2.45, 2.75) is 57.5 Å². The van der Waals surface area contributed by atoms with E-state index in [4.69, 9.17) is 0 Å². The summed E-state index contributed by atoms with van der Waals surface area (Å²) in [5.41, 5.74) is 2.78. The summed E-state index contributed by atoms with van der Waals surface area (Å²) in [4.78, 5) is 29.8. The van der Waals surface area contributed by atoms with Gasteiger partial charge in [0, 0.05) is 19.5 Å². The number of anilines is 1. The van der Waals surface area contributed by atoms with Gasteiger partial charge in [-0.3, -0.25) is 13.9 Å². The molecule has 0 heterocycles. The van der Waals surface area contributed by atoms with Crippen molar-refractivity contribution >= 4 is 27.5 Å². The number of rotatable bonds is 14. The van der Waals surface area contributed by atoms with Gasteiger partial charge in [0.15, 0.2) is 0 Å². The summed E-state index contributed by atoms with van der Waals surface area (Å²) in [5, 5.41) is 2.97. The Labute approximate surface area is 272 Å². The Kier molecular flexibility index (Phi) is 11.7. The van der Waals surface area contributed by atoms with Gasteiger partial charge in [0.25, 0.3) is 10.0 Å². The summed E-state index contributed by atoms with van der Waals surface area (Å²) < 4.78 is 43.2. The van der Waals surface area contributed by atoms with Gasteiger partial charge in [-0.15, -0.1) is 0 Å². The fourth-order valence-electron chi connectivity index (χ4n) is 5.04. The lowest BCUT2D eigenvalue weighted by molar-refractivity contribution is -0.140. The van der Waals surface area contributed by atoms with E-state index in [9.17, 15) is 22.4 Å². The highest BCUT2D eigenvalue weighted by Crippen LogP contribution is 2.27. The van der Waals surface area contributed by atoms with E-state index in [0.717, 1.165) is 15.4 Å². The molecule has 1 atom stereocenters. The Morgan fingerprint density at radius 1 is 0.761 bits per heavy atom. The lowest BCUT2D eigenvalue weighted by Gasteiger charge is -2.34. The minimum atomic E-state index is -4.18. The third-order valence-corrected chi connectivity index (χ3v) is 9.47. The van der Waals surface area contributed by atoms with Crippen LogP contribution in [0.3, 0.4) is 0 Å². The maximum Gasteiger partial charge on any atom is 0.264 e. The van der Waals surface area contributed by atoms with E-state index in [1.165, 1.54) is 29.2 Å². The highest BCUT2D eigenvalue weighted by atomic mass is 32.2. The molecule has 0 spiro atoms. The maximum absolute atomic E-state index is 14.5. The number of benzene rings is 4. The molecule has 0 aromatic heterocycles. The van der Waals surface area contributed by atoms with Gasteiger partial charge in [-0.05, 0) is 64.9 Å². The van der Waals surface area contributed by atoms with Crippen LogP contribution in [0.5, 0.6) is 0 Å². The predicted octanol–water partition coefficient (Wildman–Crippen LogP) is 6.56. The lowest BCUT2D eigenvalue weighted by atomic mass is 10.0. The minimum Gasteiger partial charge on any atom is -0.354 e. The largest absolute Gasteiger partial charge is 0.354 e. The first kappa shape index (κ1) is 34.4. The molecule has 7 nitrogen and oxygen atoms in total. The van der Waals surface area contributed by atoms with Gasteiger partial charge < -0.3 is 10.2 Å². The van der Waals surface area contributed by atoms with Crippen molar-refractivity contribution in [2.75, 3.05) is 17.4 Å². The first-order valence-electron chi connectivity index (χ1n) is 15.5. The lowest BCUT2D eigenvalue weighted by Crippen LogP contribution is -2.53. The average Bonchev–Trinajstić information content (AvgIpc) is 3.05. The molecule has 0 aliphatic heterocycles. The first-order chi connectivity index (χ1) is 22.0. The van der Waals surface area contributed by atoms with Crippen LogP contribution in [0.4, 0.5) is 10.1 Å². The summed E-state index contributed by atoms with van der Waals surface area (Å²) >= 11 is 0. The first-order valence-corrected chi connectivity index (χ1v) is 16.9. The topological polar surface area (TPSA) is 86.8 Å². The molecule has 0 fully saturated rings. The molecule has 4 aromatic rings. The molecule has 9 heteroatoms. The van der Waals surface area contributed by atoms with Crippen LogP contribution in [0.2, 0.25) is 0 Å². The maximum atomic E-state index is 14.5. The SMILES string of the molecule is CC(C)CNC(=O)[C@@H](Cc1ccccc1)N(Cc1ccc(F)cc1)C(=O)CN(c1ccc(C(C)C)cc1)S(=O)(=O)c1ccccc1. The number of sulfonamides is 1. The standard InChI is InChI=1S/C37H42FN3O4S/c1-27(2)24-39-37(43)35(23-29-11-7-5-8-12-29)40(25-30-15-19-32(38)20-16-30)36(42)26-41(33-21-17-31(18-22-33)28(3)4)46(44,45)34-13-9-6-10-14-34/h5-22,27-28,35H,23-26H2,1-4H3,(H,39,43)/t35-/m1/s1. The summed E-state index contributed by atoms with van der Waals surface area (Å²) in [6.45, 7) is 7.86. The van der Waals surface area contributed by atoms with Crippen LogP contribution in [0.25, 0.3) is 0 Å². The minimum absolute atomic E-state index is 0.0305. The monoisotopic (exact) mass is 643 g/mol. The molecule has 0 bridgehead atoms. The highest BCUT2D eigenvalue weighted by Gasteiger charge is 2.34. The Bertz CT molecular complexity index is 1680. The number of carbonyl (C=O) groups is 2. The van der Waals surface area contributed by atoms with Crippen LogP contribution in [-0.2, 0) is 32.6 Å². The van der Waals surface area contributed by atoms with Crippen molar-refractivity contribution in [3.8, 4) is 0 Å². The zero-order valence-electron chi connectivity index (χ0n) is 26.8. The fourth-order valence-corrected chi connectivity index (χ4v) is 6.47. The molecule has 242 valence electrons. The van der Waals surface area contributed by atoms with Gasteiger partial charge in [-0.25, -0.2) is 12.8 Å². The predicted molar refractivity (Wildman–Crippen MR) is 180 cm³/mol. The molecule has 46 heavy (non-hydrogen) atoms. The van der Waals surface area contributed by atoms with E-state index >= 15 is 0 Å². The van der Waals surface area contributed by atoms with Crippen molar-refractivity contribution in [1.82, 2.24) is 10.2 Å². The van der Waals surface area contributed by atoms with Crippen LogP contribution in [0.15, 0.2) is 114 Å². The Morgan fingerprint density at radius 2 is 1.35 bits per heavy atom. The van der Waals surface area contributed by atoms with Crippen LogP contribution in [-0.4, -0.2) is 44.3 Å². The van der Waals surface area contributed by atoms with Gasteiger partial charge in [-0.2, -0.15) is 0 Å².